The summed E-state index contributed by atoms with van der Waals surface area (Å²) in [6, 6.07) is 12.2. The van der Waals surface area contributed by atoms with E-state index in [0.29, 0.717) is 5.56 Å². The van der Waals surface area contributed by atoms with E-state index in [1.54, 1.807) is 54.6 Å². The molecule has 1 aliphatic heterocycles. The molecule has 0 aliphatic carbocycles. The maximum absolute atomic E-state index is 13.7. The van der Waals surface area contributed by atoms with Gasteiger partial charge in [0.1, 0.15) is 0 Å². The van der Waals surface area contributed by atoms with Crippen LogP contribution in [0.15, 0.2) is 69.5 Å². The number of sulfonamides is 1. The van der Waals surface area contributed by atoms with Crippen LogP contribution in [0.3, 0.4) is 0 Å². The number of halogens is 1. The molecule has 3 rings (SSSR count). The summed E-state index contributed by atoms with van der Waals surface area (Å²) in [6.07, 6.45) is 1.58. The Morgan fingerprint density at radius 2 is 1.59 bits per heavy atom. The minimum absolute atomic E-state index is 0.0722. The van der Waals surface area contributed by atoms with Gasteiger partial charge in [0, 0.05) is 10.5 Å². The molecule has 5 nitrogen and oxygen atoms in total. The summed E-state index contributed by atoms with van der Waals surface area (Å²) < 4.78 is 29.6. The molecule has 2 aromatic rings. The topological polar surface area (TPSA) is 74.7 Å². The summed E-state index contributed by atoms with van der Waals surface area (Å²) >= 11 is 3.38. The highest BCUT2D eigenvalue weighted by Crippen LogP contribution is 2.46. The minimum Gasteiger partial charge on any atom is -0.478 e. The molecule has 0 aromatic heterocycles. The highest BCUT2D eigenvalue weighted by molar-refractivity contribution is 9.10. The highest BCUT2D eigenvalue weighted by Gasteiger charge is 2.49. The second-order valence-electron chi connectivity index (χ2n) is 8.34. The molecule has 0 amide bonds. The lowest BCUT2D eigenvalue weighted by molar-refractivity contribution is -0.133. The van der Waals surface area contributed by atoms with Gasteiger partial charge in [0.2, 0.25) is 10.0 Å². The number of hydrogen-bond acceptors (Lipinski definition) is 3. The normalized spacial score (nSPS) is 20.5. The molecule has 7 heteroatoms. The predicted molar refractivity (Wildman–Crippen MR) is 116 cm³/mol. The van der Waals surface area contributed by atoms with Crippen molar-refractivity contribution in [1.29, 1.82) is 0 Å². The number of aliphatic carboxylic acids is 1. The van der Waals surface area contributed by atoms with Gasteiger partial charge in [-0.3, -0.25) is 0 Å². The van der Waals surface area contributed by atoms with Crippen molar-refractivity contribution in [2.45, 2.75) is 44.7 Å². The summed E-state index contributed by atoms with van der Waals surface area (Å²) in [5.41, 5.74) is 1.14. The first kappa shape index (κ1) is 21.7. The SMILES string of the molecule is Cc1ccc(S(=O)(=O)N2[C@@H](c3ccc(Br)cc3)C(C(=O)O)=C[C@H]2C(C)(C)C)cc1. The number of carbonyl (C=O) groups is 1. The summed E-state index contributed by atoms with van der Waals surface area (Å²) in [7, 11) is -3.96. The fraction of sp³-hybridized carbons (Fsp3) is 0.318. The van der Waals surface area contributed by atoms with E-state index in [1.165, 1.54) is 4.31 Å². The summed E-state index contributed by atoms with van der Waals surface area (Å²) in [5, 5.41) is 9.87. The van der Waals surface area contributed by atoms with Crippen molar-refractivity contribution in [2.75, 3.05) is 0 Å². The Bertz CT molecular complexity index is 1050. The molecule has 0 fully saturated rings. The van der Waals surface area contributed by atoms with Crippen LogP contribution < -0.4 is 0 Å². The van der Waals surface area contributed by atoms with Gasteiger partial charge in [-0.05, 0) is 42.2 Å². The third-order valence-electron chi connectivity index (χ3n) is 5.08. The molecule has 0 radical (unpaired) electrons. The lowest BCUT2D eigenvalue weighted by Gasteiger charge is -2.37. The van der Waals surface area contributed by atoms with E-state index < -0.39 is 33.5 Å². The lowest BCUT2D eigenvalue weighted by Crippen LogP contribution is -2.45. The molecular formula is C22H24BrNO4S. The number of carboxylic acids is 1. The maximum atomic E-state index is 13.7. The van der Waals surface area contributed by atoms with Crippen LogP contribution in [0, 0.1) is 12.3 Å². The van der Waals surface area contributed by atoms with Crippen LogP contribution in [0.2, 0.25) is 0 Å². The molecule has 154 valence electrons. The van der Waals surface area contributed by atoms with E-state index in [0.717, 1.165) is 10.0 Å². The van der Waals surface area contributed by atoms with Crippen LogP contribution in [0.5, 0.6) is 0 Å². The zero-order valence-corrected chi connectivity index (χ0v) is 19.2. The summed E-state index contributed by atoms with van der Waals surface area (Å²) in [5.74, 6) is -1.12. The van der Waals surface area contributed by atoms with Gasteiger partial charge in [-0.2, -0.15) is 4.31 Å². The predicted octanol–water partition coefficient (Wildman–Crippen LogP) is 4.93. The molecule has 0 saturated carbocycles. The molecule has 0 bridgehead atoms. The zero-order valence-electron chi connectivity index (χ0n) is 16.8. The van der Waals surface area contributed by atoms with E-state index in [9.17, 15) is 18.3 Å². The summed E-state index contributed by atoms with van der Waals surface area (Å²) in [4.78, 5) is 12.2. The fourth-order valence-electron chi connectivity index (χ4n) is 3.54. The molecule has 1 aliphatic rings. The quantitative estimate of drug-likeness (QED) is 0.677. The molecule has 1 N–H and O–H groups in total. The van der Waals surface area contributed by atoms with Crippen LogP contribution >= 0.6 is 15.9 Å². The van der Waals surface area contributed by atoms with Crippen LogP contribution in [0.4, 0.5) is 0 Å². The van der Waals surface area contributed by atoms with E-state index in [4.69, 9.17) is 0 Å². The van der Waals surface area contributed by atoms with Crippen LogP contribution in [0.25, 0.3) is 0 Å². The fourth-order valence-corrected chi connectivity index (χ4v) is 5.72. The second kappa shape index (κ2) is 7.70. The van der Waals surface area contributed by atoms with Gasteiger partial charge in [0.15, 0.2) is 0 Å². The van der Waals surface area contributed by atoms with Gasteiger partial charge < -0.3 is 5.11 Å². The van der Waals surface area contributed by atoms with Crippen molar-refractivity contribution < 1.29 is 18.3 Å². The van der Waals surface area contributed by atoms with E-state index in [-0.39, 0.29) is 10.5 Å². The molecule has 1 heterocycles. The van der Waals surface area contributed by atoms with Crippen molar-refractivity contribution in [3.63, 3.8) is 0 Å². The Balaban J connectivity index is 2.23. The van der Waals surface area contributed by atoms with Crippen LogP contribution in [0.1, 0.15) is 37.9 Å². The molecule has 0 unspecified atom stereocenters. The minimum atomic E-state index is -3.96. The summed E-state index contributed by atoms with van der Waals surface area (Å²) in [6.45, 7) is 7.62. The smallest absolute Gasteiger partial charge is 0.333 e. The Morgan fingerprint density at radius 3 is 2.07 bits per heavy atom. The van der Waals surface area contributed by atoms with E-state index in [1.807, 2.05) is 27.7 Å². The lowest BCUT2D eigenvalue weighted by atomic mass is 9.87. The van der Waals surface area contributed by atoms with Gasteiger partial charge in [-0.25, -0.2) is 13.2 Å². The van der Waals surface area contributed by atoms with E-state index in [2.05, 4.69) is 15.9 Å². The number of carboxylic acid groups (broad SMARTS) is 1. The third kappa shape index (κ3) is 4.17. The Kier molecular flexibility index (Phi) is 5.77. The van der Waals surface area contributed by atoms with Gasteiger partial charge in [0.25, 0.3) is 0 Å². The maximum Gasteiger partial charge on any atom is 0.333 e. The van der Waals surface area contributed by atoms with Gasteiger partial charge in [-0.1, -0.05) is 72.6 Å². The van der Waals surface area contributed by atoms with Crippen molar-refractivity contribution in [3.8, 4) is 0 Å². The number of aryl methyl sites for hydroxylation is 1. The Hall–Kier alpha value is -1.96. The third-order valence-corrected chi connectivity index (χ3v) is 7.47. The monoisotopic (exact) mass is 477 g/mol. The van der Waals surface area contributed by atoms with Gasteiger partial charge in [0.05, 0.1) is 16.5 Å². The molecule has 29 heavy (non-hydrogen) atoms. The molecule has 0 saturated heterocycles. The molecule has 0 spiro atoms. The Morgan fingerprint density at radius 1 is 1.03 bits per heavy atom. The average Bonchev–Trinajstić information content (AvgIpc) is 3.05. The van der Waals surface area contributed by atoms with Crippen molar-refractivity contribution in [1.82, 2.24) is 4.31 Å². The first-order valence-electron chi connectivity index (χ1n) is 9.23. The van der Waals surface area contributed by atoms with Gasteiger partial charge in [-0.15, -0.1) is 0 Å². The first-order valence-corrected chi connectivity index (χ1v) is 11.5. The first-order chi connectivity index (χ1) is 13.4. The van der Waals surface area contributed by atoms with Crippen molar-refractivity contribution >= 4 is 31.9 Å². The molecule has 2 atom stereocenters. The average molecular weight is 478 g/mol. The van der Waals surface area contributed by atoms with Crippen molar-refractivity contribution in [3.05, 3.63) is 75.8 Å². The number of rotatable bonds is 4. The number of hydrogen-bond donors (Lipinski definition) is 1. The van der Waals surface area contributed by atoms with Crippen LogP contribution in [-0.2, 0) is 14.8 Å². The zero-order chi connectivity index (χ0) is 21.6. The molecular weight excluding hydrogens is 454 g/mol. The largest absolute Gasteiger partial charge is 0.478 e. The standard InChI is InChI=1S/C22H24BrNO4S/c1-14-5-11-17(12-6-14)29(27,28)24-19(22(2,3)4)13-18(21(25)26)20(24)15-7-9-16(23)10-8-15/h5-13,19-20H,1-4H3,(H,25,26)/t19-,20-/m0/s1. The van der Waals surface area contributed by atoms with E-state index >= 15 is 0 Å². The second-order valence-corrected chi connectivity index (χ2v) is 11.1. The number of benzene rings is 2. The Labute approximate surface area is 180 Å². The molecule has 2 aromatic carbocycles. The van der Waals surface area contributed by atoms with Gasteiger partial charge >= 0.3 is 5.97 Å². The highest BCUT2D eigenvalue weighted by atomic mass is 79.9. The van der Waals surface area contributed by atoms with Crippen LogP contribution in [-0.4, -0.2) is 29.8 Å². The van der Waals surface area contributed by atoms with Crippen molar-refractivity contribution in [2.24, 2.45) is 5.41 Å². The number of nitrogens with zero attached hydrogens (tertiary/aromatic N) is 1.